The lowest BCUT2D eigenvalue weighted by Crippen LogP contribution is -2.45. The highest BCUT2D eigenvalue weighted by Crippen LogP contribution is 2.59. The Kier molecular flexibility index (Phi) is 2.78. The van der Waals surface area contributed by atoms with E-state index in [0.29, 0.717) is 12.5 Å². The molecule has 20 heavy (non-hydrogen) atoms. The van der Waals surface area contributed by atoms with Crippen molar-refractivity contribution in [3.8, 4) is 0 Å². The number of nitrogens with zero attached hydrogens (tertiary/aromatic N) is 1. The molecule has 4 fully saturated rings. The summed E-state index contributed by atoms with van der Waals surface area (Å²) in [5, 5.41) is 0. The minimum absolute atomic E-state index is 0.205. The average molecular weight is 273 g/mol. The molecule has 4 aliphatic carbocycles. The molecule has 0 unspecified atom stereocenters. The molecule has 1 heterocycles. The smallest absolute Gasteiger partial charge is 0.326 e. The minimum Gasteiger partial charge on any atom is -0.326 e. The summed E-state index contributed by atoms with van der Waals surface area (Å²) in [6.45, 7) is 2.43. The molecule has 0 saturated heterocycles. The van der Waals surface area contributed by atoms with Gasteiger partial charge in [-0.2, -0.15) is 4.98 Å². The van der Waals surface area contributed by atoms with E-state index in [1.54, 1.807) is 0 Å². The van der Waals surface area contributed by atoms with E-state index in [2.05, 4.69) is 9.97 Å². The number of rotatable bonds is 2. The van der Waals surface area contributed by atoms with Gasteiger partial charge in [0, 0.05) is 23.7 Å². The molecule has 4 saturated carbocycles. The number of nitrogens with one attached hydrogen (secondary N) is 1. The fourth-order valence-corrected chi connectivity index (χ4v) is 5.54. The summed E-state index contributed by atoms with van der Waals surface area (Å²) in [4.78, 5) is 19.0. The molecule has 4 heteroatoms. The predicted molar refractivity (Wildman–Crippen MR) is 77.3 cm³/mol. The largest absolute Gasteiger partial charge is 0.345 e. The summed E-state index contributed by atoms with van der Waals surface area (Å²) >= 11 is 0. The second-order valence-corrected chi connectivity index (χ2v) is 7.19. The summed E-state index contributed by atoms with van der Waals surface area (Å²) in [6, 6.07) is 0. The SMILES string of the molecule is Cc1[nH]c(=O)nc(C2C3CC4CC(C3)CC2C4)c1CN. The normalized spacial score (nSPS) is 38.4. The van der Waals surface area contributed by atoms with Crippen molar-refractivity contribution in [3.63, 3.8) is 0 Å². The maximum Gasteiger partial charge on any atom is 0.345 e. The van der Waals surface area contributed by atoms with Crippen molar-refractivity contribution in [1.29, 1.82) is 0 Å². The van der Waals surface area contributed by atoms with Crippen LogP contribution >= 0.6 is 0 Å². The third-order valence-corrected chi connectivity index (χ3v) is 6.02. The van der Waals surface area contributed by atoms with E-state index in [1.807, 2.05) is 6.92 Å². The number of aromatic amines is 1. The van der Waals surface area contributed by atoms with E-state index in [0.717, 1.165) is 40.6 Å². The van der Waals surface area contributed by atoms with E-state index >= 15 is 0 Å². The molecule has 0 aromatic carbocycles. The Morgan fingerprint density at radius 1 is 1.15 bits per heavy atom. The van der Waals surface area contributed by atoms with Crippen LogP contribution in [0, 0.1) is 30.6 Å². The van der Waals surface area contributed by atoms with Crippen LogP contribution < -0.4 is 11.4 Å². The monoisotopic (exact) mass is 273 g/mol. The van der Waals surface area contributed by atoms with Gasteiger partial charge in [0.2, 0.25) is 0 Å². The van der Waals surface area contributed by atoms with Crippen molar-refractivity contribution in [2.75, 3.05) is 0 Å². The van der Waals surface area contributed by atoms with Gasteiger partial charge in [-0.3, -0.25) is 0 Å². The highest BCUT2D eigenvalue weighted by molar-refractivity contribution is 5.29. The zero-order chi connectivity index (χ0) is 13.9. The van der Waals surface area contributed by atoms with E-state index in [-0.39, 0.29) is 5.69 Å². The number of H-pyrrole nitrogens is 1. The zero-order valence-electron chi connectivity index (χ0n) is 12.1. The van der Waals surface area contributed by atoms with Gasteiger partial charge < -0.3 is 10.7 Å². The van der Waals surface area contributed by atoms with Crippen molar-refractivity contribution >= 4 is 0 Å². The first-order valence-electron chi connectivity index (χ1n) is 7.95. The van der Waals surface area contributed by atoms with Gasteiger partial charge in [-0.1, -0.05) is 0 Å². The summed E-state index contributed by atoms with van der Waals surface area (Å²) in [5.74, 6) is 3.86. The van der Waals surface area contributed by atoms with Crippen molar-refractivity contribution < 1.29 is 0 Å². The van der Waals surface area contributed by atoms with Crippen molar-refractivity contribution in [2.45, 2.75) is 51.5 Å². The summed E-state index contributed by atoms with van der Waals surface area (Å²) in [7, 11) is 0. The Balaban J connectivity index is 1.79. The first-order valence-corrected chi connectivity index (χ1v) is 7.95. The molecule has 5 rings (SSSR count). The van der Waals surface area contributed by atoms with Crippen molar-refractivity contribution in [3.05, 3.63) is 27.4 Å². The second-order valence-electron chi connectivity index (χ2n) is 7.19. The first-order chi connectivity index (χ1) is 9.65. The van der Waals surface area contributed by atoms with E-state index < -0.39 is 0 Å². The Hall–Kier alpha value is -1.16. The summed E-state index contributed by atoms with van der Waals surface area (Å²) in [5.41, 5.74) is 8.76. The number of aryl methyl sites for hydroxylation is 1. The predicted octanol–water partition coefficient (Wildman–Crippen LogP) is 2.08. The third-order valence-electron chi connectivity index (χ3n) is 6.02. The minimum atomic E-state index is -0.205. The lowest BCUT2D eigenvalue weighted by Gasteiger charge is -2.54. The van der Waals surface area contributed by atoms with Gasteiger partial charge in [0.1, 0.15) is 0 Å². The summed E-state index contributed by atoms with van der Waals surface area (Å²) in [6.07, 6.45) is 6.82. The number of nitrogens with two attached hydrogens (primary N) is 1. The molecule has 0 atom stereocenters. The van der Waals surface area contributed by atoms with E-state index in [4.69, 9.17) is 5.73 Å². The Labute approximate surface area is 119 Å². The fraction of sp³-hybridized carbons (Fsp3) is 0.750. The molecule has 4 nitrogen and oxygen atoms in total. The van der Waals surface area contributed by atoms with Crippen molar-refractivity contribution in [1.82, 2.24) is 9.97 Å². The van der Waals surface area contributed by atoms with Gasteiger partial charge in [-0.05, 0) is 62.7 Å². The molecule has 4 aliphatic rings. The highest BCUT2D eigenvalue weighted by atomic mass is 16.1. The van der Waals surface area contributed by atoms with Crippen LogP contribution in [0.2, 0.25) is 0 Å². The molecule has 0 spiro atoms. The van der Waals surface area contributed by atoms with Crippen LogP contribution in [-0.2, 0) is 6.54 Å². The molecule has 4 bridgehead atoms. The molecule has 1 aromatic heterocycles. The van der Waals surface area contributed by atoms with Gasteiger partial charge in [-0.25, -0.2) is 4.79 Å². The fourth-order valence-electron chi connectivity index (χ4n) is 5.54. The number of hydrogen-bond donors (Lipinski definition) is 2. The Bertz CT molecular complexity index is 564. The first kappa shape index (κ1) is 12.6. The quantitative estimate of drug-likeness (QED) is 0.866. The standard InChI is InChI=1S/C16H23N3O/c1-8-13(7-17)15(19-16(20)18-8)14-11-3-9-2-10(5-11)6-12(14)4-9/h9-12,14H,2-7,17H2,1H3,(H,18,19,20). The van der Waals surface area contributed by atoms with E-state index in [1.165, 1.54) is 32.1 Å². The number of aromatic nitrogens is 2. The molecule has 1 aromatic rings. The average Bonchev–Trinajstić information content (AvgIpc) is 2.36. The van der Waals surface area contributed by atoms with Gasteiger partial charge >= 0.3 is 5.69 Å². The Morgan fingerprint density at radius 3 is 2.30 bits per heavy atom. The van der Waals surface area contributed by atoms with Gasteiger partial charge in [-0.15, -0.1) is 0 Å². The molecule has 108 valence electrons. The van der Waals surface area contributed by atoms with Crippen LogP contribution in [0.5, 0.6) is 0 Å². The summed E-state index contributed by atoms with van der Waals surface area (Å²) < 4.78 is 0. The lowest BCUT2D eigenvalue weighted by atomic mass is 9.51. The van der Waals surface area contributed by atoms with Gasteiger partial charge in [0.05, 0.1) is 5.69 Å². The van der Waals surface area contributed by atoms with E-state index in [9.17, 15) is 4.79 Å². The van der Waals surface area contributed by atoms with Crippen LogP contribution in [-0.4, -0.2) is 9.97 Å². The topological polar surface area (TPSA) is 71.8 Å². The second kappa shape index (κ2) is 4.42. The third kappa shape index (κ3) is 1.77. The molecular weight excluding hydrogens is 250 g/mol. The molecule has 3 N–H and O–H groups in total. The van der Waals surface area contributed by atoms with Gasteiger partial charge in [0.25, 0.3) is 0 Å². The molecular formula is C16H23N3O. The lowest BCUT2D eigenvalue weighted by molar-refractivity contribution is -0.00459. The van der Waals surface area contributed by atoms with Crippen LogP contribution in [0.4, 0.5) is 0 Å². The zero-order valence-corrected chi connectivity index (χ0v) is 12.1. The van der Waals surface area contributed by atoms with Gasteiger partial charge in [0.15, 0.2) is 0 Å². The van der Waals surface area contributed by atoms with Crippen LogP contribution in [0.1, 0.15) is 55.0 Å². The molecule has 0 aliphatic heterocycles. The van der Waals surface area contributed by atoms with Crippen molar-refractivity contribution in [2.24, 2.45) is 29.4 Å². The Morgan fingerprint density at radius 2 is 1.75 bits per heavy atom. The molecule has 0 amide bonds. The van der Waals surface area contributed by atoms with Crippen LogP contribution in [0.3, 0.4) is 0 Å². The van der Waals surface area contributed by atoms with Crippen LogP contribution in [0.25, 0.3) is 0 Å². The number of hydrogen-bond acceptors (Lipinski definition) is 3. The van der Waals surface area contributed by atoms with Crippen LogP contribution in [0.15, 0.2) is 4.79 Å². The maximum atomic E-state index is 11.8. The molecule has 0 radical (unpaired) electrons. The highest BCUT2D eigenvalue weighted by Gasteiger charge is 2.49. The maximum absolute atomic E-state index is 11.8.